The first-order chi connectivity index (χ1) is 4.66. The molecule has 0 aromatic rings. The van der Waals surface area contributed by atoms with Crippen LogP contribution in [-0.2, 0) is 0 Å². The first-order valence-electron chi connectivity index (χ1n) is 3.49. The lowest BCUT2D eigenvalue weighted by molar-refractivity contribution is 0.166. The summed E-state index contributed by atoms with van der Waals surface area (Å²) in [6.07, 6.45) is 6.07. The number of aliphatic hydroxyl groups is 2. The number of hydrogen-bond acceptors (Lipinski definition) is 2. The lowest BCUT2D eigenvalue weighted by atomic mass is 10.1. The van der Waals surface area contributed by atoms with E-state index in [1.165, 1.54) is 0 Å². The van der Waals surface area contributed by atoms with Crippen LogP contribution in [-0.4, -0.2) is 22.4 Å². The number of hydrogen-bond donors (Lipinski definition) is 2. The second kappa shape index (κ2) is 5.28. The lowest BCUT2D eigenvalue weighted by Gasteiger charge is -2.04. The fourth-order valence-electron chi connectivity index (χ4n) is 0.690. The zero-order chi connectivity index (χ0) is 7.98. The Balaban J connectivity index is 3.13. The van der Waals surface area contributed by atoms with Crippen LogP contribution in [0.2, 0.25) is 0 Å². The van der Waals surface area contributed by atoms with E-state index >= 15 is 0 Å². The molecule has 0 aliphatic carbocycles. The maximum Gasteiger partial charge on any atom is 0.114 e. The van der Waals surface area contributed by atoms with Crippen LogP contribution in [0.15, 0.2) is 0 Å². The van der Waals surface area contributed by atoms with Crippen LogP contribution in [0.1, 0.15) is 26.2 Å². The molecular formula is C8H14O2. The Kier molecular flexibility index (Phi) is 5.00. The molecule has 0 aliphatic rings. The summed E-state index contributed by atoms with van der Waals surface area (Å²) < 4.78 is 0. The van der Waals surface area contributed by atoms with Crippen LogP contribution in [0, 0.1) is 12.3 Å². The van der Waals surface area contributed by atoms with Gasteiger partial charge in [0.05, 0.1) is 6.10 Å². The summed E-state index contributed by atoms with van der Waals surface area (Å²) >= 11 is 0. The highest BCUT2D eigenvalue weighted by molar-refractivity contribution is 4.92. The van der Waals surface area contributed by atoms with E-state index in [0.29, 0.717) is 12.8 Å². The molecule has 0 aliphatic heterocycles. The fraction of sp³-hybridized carbons (Fsp3) is 0.750. The smallest absolute Gasteiger partial charge is 0.114 e. The molecule has 0 aromatic carbocycles. The molecule has 58 valence electrons. The topological polar surface area (TPSA) is 40.5 Å². The molecule has 0 spiro atoms. The van der Waals surface area contributed by atoms with E-state index in [4.69, 9.17) is 16.6 Å². The van der Waals surface area contributed by atoms with E-state index in [-0.39, 0.29) is 6.10 Å². The number of terminal acetylenes is 1. The zero-order valence-corrected chi connectivity index (χ0v) is 6.25. The standard InChI is InChI=1S/C8H14O2/c1-3-8(10)6-4-5-7(2)9/h1,7-10H,4-6H2,2H3. The Labute approximate surface area is 61.9 Å². The van der Waals surface area contributed by atoms with Crippen molar-refractivity contribution in [3.8, 4) is 12.3 Å². The van der Waals surface area contributed by atoms with Crippen molar-refractivity contribution in [2.75, 3.05) is 0 Å². The minimum Gasteiger partial charge on any atom is -0.393 e. The molecule has 0 fully saturated rings. The van der Waals surface area contributed by atoms with Gasteiger partial charge in [0.15, 0.2) is 0 Å². The SMILES string of the molecule is C#CC(O)CCCC(C)O. The highest BCUT2D eigenvalue weighted by Gasteiger charge is 1.99. The summed E-state index contributed by atoms with van der Waals surface area (Å²) in [6.45, 7) is 1.72. The van der Waals surface area contributed by atoms with Gasteiger partial charge in [0.1, 0.15) is 6.10 Å². The molecule has 2 heteroatoms. The van der Waals surface area contributed by atoms with Gasteiger partial charge in [0, 0.05) is 0 Å². The van der Waals surface area contributed by atoms with Crippen LogP contribution < -0.4 is 0 Å². The molecular weight excluding hydrogens is 128 g/mol. The van der Waals surface area contributed by atoms with E-state index in [2.05, 4.69) is 5.92 Å². The van der Waals surface area contributed by atoms with Crippen molar-refractivity contribution < 1.29 is 10.2 Å². The van der Waals surface area contributed by atoms with E-state index in [0.717, 1.165) is 6.42 Å². The lowest BCUT2D eigenvalue weighted by Crippen LogP contribution is -2.05. The average molecular weight is 142 g/mol. The van der Waals surface area contributed by atoms with Gasteiger partial charge >= 0.3 is 0 Å². The Morgan fingerprint density at radius 3 is 2.40 bits per heavy atom. The van der Waals surface area contributed by atoms with E-state index in [1.54, 1.807) is 6.92 Å². The molecule has 0 heterocycles. The van der Waals surface area contributed by atoms with Crippen LogP contribution in [0.5, 0.6) is 0 Å². The molecule has 0 saturated heterocycles. The van der Waals surface area contributed by atoms with Crippen LogP contribution in [0.25, 0.3) is 0 Å². The second-order valence-electron chi connectivity index (χ2n) is 2.46. The molecule has 2 nitrogen and oxygen atoms in total. The molecule has 0 radical (unpaired) electrons. The zero-order valence-electron chi connectivity index (χ0n) is 6.25. The van der Waals surface area contributed by atoms with Gasteiger partial charge in [0.2, 0.25) is 0 Å². The summed E-state index contributed by atoms with van der Waals surface area (Å²) in [4.78, 5) is 0. The maximum absolute atomic E-state index is 8.85. The molecule has 2 unspecified atom stereocenters. The van der Waals surface area contributed by atoms with Gasteiger partial charge in [-0.05, 0) is 26.2 Å². The van der Waals surface area contributed by atoms with Gasteiger partial charge in [-0.15, -0.1) is 6.42 Å². The molecule has 10 heavy (non-hydrogen) atoms. The number of rotatable bonds is 4. The predicted octanol–water partition coefficient (Wildman–Crippen LogP) is 0.532. The Hall–Kier alpha value is -0.520. The normalized spacial score (nSPS) is 15.8. The van der Waals surface area contributed by atoms with Crippen molar-refractivity contribution in [3.05, 3.63) is 0 Å². The largest absolute Gasteiger partial charge is 0.393 e. The molecule has 0 saturated carbocycles. The third-order valence-corrected chi connectivity index (χ3v) is 1.29. The maximum atomic E-state index is 8.85. The van der Waals surface area contributed by atoms with Gasteiger partial charge in [0.25, 0.3) is 0 Å². The van der Waals surface area contributed by atoms with E-state index in [9.17, 15) is 0 Å². The minimum absolute atomic E-state index is 0.287. The molecule has 0 aromatic heterocycles. The quantitative estimate of drug-likeness (QED) is 0.562. The second-order valence-corrected chi connectivity index (χ2v) is 2.46. The highest BCUT2D eigenvalue weighted by atomic mass is 16.3. The molecule has 2 atom stereocenters. The highest BCUT2D eigenvalue weighted by Crippen LogP contribution is 2.02. The monoisotopic (exact) mass is 142 g/mol. The van der Waals surface area contributed by atoms with Gasteiger partial charge in [-0.3, -0.25) is 0 Å². The minimum atomic E-state index is -0.640. The predicted molar refractivity (Wildman–Crippen MR) is 40.4 cm³/mol. The van der Waals surface area contributed by atoms with Crippen molar-refractivity contribution in [3.63, 3.8) is 0 Å². The summed E-state index contributed by atoms with van der Waals surface area (Å²) in [5, 5.41) is 17.7. The average Bonchev–Trinajstić information content (AvgIpc) is 1.87. The van der Waals surface area contributed by atoms with Gasteiger partial charge in [-0.1, -0.05) is 5.92 Å². The van der Waals surface area contributed by atoms with Crippen molar-refractivity contribution in [1.82, 2.24) is 0 Å². The van der Waals surface area contributed by atoms with Crippen molar-refractivity contribution in [2.45, 2.75) is 38.4 Å². The van der Waals surface area contributed by atoms with Crippen molar-refractivity contribution in [2.24, 2.45) is 0 Å². The summed E-state index contributed by atoms with van der Waals surface area (Å²) in [5.41, 5.74) is 0. The Morgan fingerprint density at radius 1 is 1.40 bits per heavy atom. The number of aliphatic hydroxyl groups excluding tert-OH is 2. The Bertz CT molecular complexity index is 113. The van der Waals surface area contributed by atoms with Crippen LogP contribution >= 0.6 is 0 Å². The first kappa shape index (κ1) is 9.48. The molecule has 2 N–H and O–H groups in total. The van der Waals surface area contributed by atoms with Crippen molar-refractivity contribution >= 4 is 0 Å². The Morgan fingerprint density at radius 2 is 2.00 bits per heavy atom. The third kappa shape index (κ3) is 5.61. The van der Waals surface area contributed by atoms with Crippen LogP contribution in [0.4, 0.5) is 0 Å². The fourth-order valence-corrected chi connectivity index (χ4v) is 0.690. The first-order valence-corrected chi connectivity index (χ1v) is 3.49. The van der Waals surface area contributed by atoms with Gasteiger partial charge in [-0.25, -0.2) is 0 Å². The van der Waals surface area contributed by atoms with Gasteiger partial charge < -0.3 is 10.2 Å². The third-order valence-electron chi connectivity index (χ3n) is 1.29. The summed E-state index contributed by atoms with van der Waals surface area (Å²) in [6, 6.07) is 0. The molecule has 0 bridgehead atoms. The van der Waals surface area contributed by atoms with E-state index in [1.807, 2.05) is 0 Å². The van der Waals surface area contributed by atoms with Crippen molar-refractivity contribution in [1.29, 1.82) is 0 Å². The van der Waals surface area contributed by atoms with Crippen LogP contribution in [0.3, 0.4) is 0 Å². The van der Waals surface area contributed by atoms with Gasteiger partial charge in [-0.2, -0.15) is 0 Å². The summed E-state index contributed by atoms with van der Waals surface area (Å²) in [5.74, 6) is 2.21. The summed E-state index contributed by atoms with van der Waals surface area (Å²) in [7, 11) is 0. The molecule has 0 amide bonds. The molecule has 0 rings (SSSR count). The van der Waals surface area contributed by atoms with E-state index < -0.39 is 6.10 Å².